The Kier molecular flexibility index (Phi) is 3.78. The van der Waals surface area contributed by atoms with Gasteiger partial charge in [-0.2, -0.15) is 5.26 Å². The molecule has 0 bridgehead atoms. The summed E-state index contributed by atoms with van der Waals surface area (Å²) in [4.78, 5) is 12.4. The number of nitrogens with zero attached hydrogens (tertiary/aromatic N) is 1. The van der Waals surface area contributed by atoms with E-state index in [9.17, 15) is 14.4 Å². The average molecular weight is 314 g/mol. The zero-order chi connectivity index (χ0) is 16.6. The number of Topliss-reactive ketones (excluding diaryl/α,β-unsaturated/α-hetero) is 1. The van der Waals surface area contributed by atoms with Crippen LogP contribution in [-0.2, 0) is 9.53 Å². The molecule has 0 fully saturated rings. The van der Waals surface area contributed by atoms with E-state index in [1.807, 2.05) is 6.07 Å². The van der Waals surface area contributed by atoms with Gasteiger partial charge in [-0.3, -0.25) is 4.79 Å². The number of methoxy groups -OCH3 is 1. The number of carbonyl (C=O) groups is 1. The Morgan fingerprint density at radius 3 is 2.91 bits per heavy atom. The SMILES string of the molecule is COc1ccc(F)c([C@@H]2C(C#N)=C(N)OC3=C2C(=O)CCC3)c1. The third-order valence-corrected chi connectivity index (χ3v) is 4.12. The number of ketones is 1. The first-order valence-corrected chi connectivity index (χ1v) is 7.24. The van der Waals surface area contributed by atoms with Crippen molar-refractivity contribution in [3.05, 3.63) is 52.4 Å². The molecule has 0 radical (unpaired) electrons. The van der Waals surface area contributed by atoms with Crippen LogP contribution in [0.1, 0.15) is 30.7 Å². The molecule has 3 rings (SSSR count). The standard InChI is InChI=1S/C17H15FN2O3/c1-22-9-5-6-12(18)10(7-9)15-11(8-19)17(20)23-14-4-2-3-13(21)16(14)15/h5-7,15H,2-4,20H2,1H3/t15-/m1/s1. The molecule has 0 saturated heterocycles. The van der Waals surface area contributed by atoms with E-state index in [0.29, 0.717) is 36.3 Å². The lowest BCUT2D eigenvalue weighted by molar-refractivity contribution is -0.116. The molecule has 6 heteroatoms. The van der Waals surface area contributed by atoms with Crippen LogP contribution in [0.3, 0.4) is 0 Å². The summed E-state index contributed by atoms with van der Waals surface area (Å²) in [5.41, 5.74) is 6.39. The number of benzene rings is 1. The van der Waals surface area contributed by atoms with Gasteiger partial charge in [-0.15, -0.1) is 0 Å². The second-order valence-electron chi connectivity index (χ2n) is 5.43. The van der Waals surface area contributed by atoms with Crippen LogP contribution in [-0.4, -0.2) is 12.9 Å². The fourth-order valence-electron chi connectivity index (χ4n) is 3.04. The second kappa shape index (κ2) is 5.76. The molecule has 23 heavy (non-hydrogen) atoms. The molecule has 2 N–H and O–H groups in total. The highest BCUT2D eigenvalue weighted by Crippen LogP contribution is 2.44. The van der Waals surface area contributed by atoms with Crippen molar-refractivity contribution in [1.29, 1.82) is 5.26 Å². The molecule has 2 aliphatic rings. The summed E-state index contributed by atoms with van der Waals surface area (Å²) in [5, 5.41) is 9.43. The van der Waals surface area contributed by atoms with E-state index >= 15 is 0 Å². The molecule has 0 saturated carbocycles. The van der Waals surface area contributed by atoms with Crippen LogP contribution in [0.2, 0.25) is 0 Å². The zero-order valence-electron chi connectivity index (χ0n) is 12.6. The van der Waals surface area contributed by atoms with Gasteiger partial charge in [0.2, 0.25) is 5.88 Å². The Balaban J connectivity index is 2.23. The van der Waals surface area contributed by atoms with Gasteiger partial charge in [0.15, 0.2) is 5.78 Å². The van der Waals surface area contributed by atoms with Gasteiger partial charge in [-0.25, -0.2) is 4.39 Å². The maximum absolute atomic E-state index is 14.4. The largest absolute Gasteiger partial charge is 0.497 e. The molecule has 5 nitrogen and oxygen atoms in total. The molecular weight excluding hydrogens is 299 g/mol. The van der Waals surface area contributed by atoms with E-state index in [-0.39, 0.29) is 22.8 Å². The fourth-order valence-corrected chi connectivity index (χ4v) is 3.04. The highest BCUT2D eigenvalue weighted by atomic mass is 19.1. The van der Waals surface area contributed by atoms with E-state index in [1.165, 1.54) is 25.3 Å². The summed E-state index contributed by atoms with van der Waals surface area (Å²) >= 11 is 0. The summed E-state index contributed by atoms with van der Waals surface area (Å²) < 4.78 is 25.0. The van der Waals surface area contributed by atoms with E-state index in [0.717, 1.165) is 0 Å². The van der Waals surface area contributed by atoms with Gasteiger partial charge >= 0.3 is 0 Å². The van der Waals surface area contributed by atoms with Gasteiger partial charge in [0.05, 0.1) is 13.0 Å². The van der Waals surface area contributed by atoms with Crippen LogP contribution in [0.4, 0.5) is 4.39 Å². The van der Waals surface area contributed by atoms with Gasteiger partial charge in [0.25, 0.3) is 0 Å². The first-order chi connectivity index (χ1) is 11.1. The Labute approximate surface area is 132 Å². The molecule has 1 aromatic carbocycles. The van der Waals surface area contributed by atoms with Crippen molar-refractivity contribution < 1.29 is 18.7 Å². The summed E-state index contributed by atoms with van der Waals surface area (Å²) in [6.45, 7) is 0. The molecule has 1 aliphatic heterocycles. The normalized spacial score (nSPS) is 20.7. The van der Waals surface area contributed by atoms with Crippen LogP contribution >= 0.6 is 0 Å². The van der Waals surface area contributed by atoms with Crippen molar-refractivity contribution in [2.75, 3.05) is 7.11 Å². The first-order valence-electron chi connectivity index (χ1n) is 7.24. The lowest BCUT2D eigenvalue weighted by Gasteiger charge is -2.31. The lowest BCUT2D eigenvalue weighted by atomic mass is 9.77. The summed E-state index contributed by atoms with van der Waals surface area (Å²) in [6.07, 6.45) is 1.55. The van der Waals surface area contributed by atoms with E-state index < -0.39 is 11.7 Å². The molecule has 1 atom stereocenters. The van der Waals surface area contributed by atoms with Crippen LogP contribution in [0.5, 0.6) is 5.75 Å². The number of ether oxygens (including phenoxy) is 2. The smallest absolute Gasteiger partial charge is 0.205 e. The van der Waals surface area contributed by atoms with E-state index in [4.69, 9.17) is 15.2 Å². The van der Waals surface area contributed by atoms with Gasteiger partial charge in [0.1, 0.15) is 29.0 Å². The maximum atomic E-state index is 14.4. The number of halogens is 1. The highest BCUT2D eigenvalue weighted by molar-refractivity contribution is 5.99. The average Bonchev–Trinajstić information content (AvgIpc) is 2.54. The number of nitrogens with two attached hydrogens (primary N) is 1. The number of carbonyl (C=O) groups excluding carboxylic acids is 1. The molecule has 1 aliphatic carbocycles. The van der Waals surface area contributed by atoms with Crippen molar-refractivity contribution >= 4 is 5.78 Å². The predicted molar refractivity (Wildman–Crippen MR) is 79.5 cm³/mol. The van der Waals surface area contributed by atoms with E-state index in [2.05, 4.69) is 0 Å². The molecule has 0 spiro atoms. The molecule has 0 unspecified atom stereocenters. The molecule has 118 valence electrons. The molecular formula is C17H15FN2O3. The van der Waals surface area contributed by atoms with Crippen LogP contribution in [0.25, 0.3) is 0 Å². The van der Waals surface area contributed by atoms with Crippen molar-refractivity contribution in [3.8, 4) is 11.8 Å². The third kappa shape index (κ3) is 2.44. The monoisotopic (exact) mass is 314 g/mol. The Hall–Kier alpha value is -2.81. The molecule has 1 aromatic rings. The van der Waals surface area contributed by atoms with Gasteiger partial charge in [0, 0.05) is 24.0 Å². The number of hydrogen-bond donors (Lipinski definition) is 1. The van der Waals surface area contributed by atoms with E-state index in [1.54, 1.807) is 0 Å². The predicted octanol–water partition coefficient (Wildman–Crippen LogP) is 2.65. The minimum atomic E-state index is -0.855. The maximum Gasteiger partial charge on any atom is 0.205 e. The Bertz CT molecular complexity index is 790. The Morgan fingerprint density at radius 1 is 1.43 bits per heavy atom. The van der Waals surface area contributed by atoms with Gasteiger partial charge in [-0.1, -0.05) is 0 Å². The van der Waals surface area contributed by atoms with Crippen molar-refractivity contribution in [2.45, 2.75) is 25.2 Å². The van der Waals surface area contributed by atoms with Crippen LogP contribution < -0.4 is 10.5 Å². The Morgan fingerprint density at radius 2 is 2.22 bits per heavy atom. The second-order valence-corrected chi connectivity index (χ2v) is 5.43. The summed E-state index contributed by atoms with van der Waals surface area (Å²) in [6, 6.07) is 6.18. The topological polar surface area (TPSA) is 85.3 Å². The van der Waals surface area contributed by atoms with Gasteiger partial charge in [-0.05, 0) is 24.6 Å². The number of allylic oxidation sites excluding steroid dienone is 3. The minimum Gasteiger partial charge on any atom is -0.497 e. The molecule has 1 heterocycles. The number of rotatable bonds is 2. The number of hydrogen-bond acceptors (Lipinski definition) is 5. The first kappa shape index (κ1) is 15.1. The fraction of sp³-hybridized carbons (Fsp3) is 0.294. The zero-order valence-corrected chi connectivity index (χ0v) is 12.6. The summed E-state index contributed by atoms with van der Waals surface area (Å²) in [7, 11) is 1.47. The minimum absolute atomic E-state index is 0.0474. The quantitative estimate of drug-likeness (QED) is 0.907. The third-order valence-electron chi connectivity index (χ3n) is 4.12. The highest BCUT2D eigenvalue weighted by Gasteiger charge is 2.39. The number of nitriles is 1. The van der Waals surface area contributed by atoms with Gasteiger partial charge < -0.3 is 15.2 Å². The van der Waals surface area contributed by atoms with Crippen molar-refractivity contribution in [2.24, 2.45) is 5.73 Å². The van der Waals surface area contributed by atoms with Crippen molar-refractivity contribution in [3.63, 3.8) is 0 Å². The summed E-state index contributed by atoms with van der Waals surface area (Å²) in [5.74, 6) is -0.721. The van der Waals surface area contributed by atoms with Crippen molar-refractivity contribution in [1.82, 2.24) is 0 Å². The molecule has 0 aromatic heterocycles. The lowest BCUT2D eigenvalue weighted by Crippen LogP contribution is -2.27. The van der Waals surface area contributed by atoms with Crippen LogP contribution in [0, 0.1) is 17.1 Å². The molecule has 0 amide bonds. The van der Waals surface area contributed by atoms with Crippen LogP contribution in [0.15, 0.2) is 41.0 Å².